The summed E-state index contributed by atoms with van der Waals surface area (Å²) in [6.45, 7) is 4.90. The normalized spacial score (nSPS) is 14.0. The van der Waals surface area contributed by atoms with Crippen LogP contribution in [0, 0.1) is 6.92 Å². The molecule has 5 nitrogen and oxygen atoms in total. The molecule has 1 heterocycles. The Hall–Kier alpha value is -2.69. The van der Waals surface area contributed by atoms with E-state index in [4.69, 9.17) is 9.47 Å². The Bertz CT molecular complexity index is 715. The molecule has 0 saturated heterocycles. The van der Waals surface area contributed by atoms with E-state index in [9.17, 15) is 4.79 Å². The zero-order valence-corrected chi connectivity index (χ0v) is 13.3. The van der Waals surface area contributed by atoms with Crippen molar-refractivity contribution in [3.63, 3.8) is 0 Å². The molecule has 1 atom stereocenters. The fourth-order valence-corrected chi connectivity index (χ4v) is 2.40. The number of hydrogen-bond acceptors (Lipinski definition) is 4. The summed E-state index contributed by atoms with van der Waals surface area (Å²) in [7, 11) is 0. The van der Waals surface area contributed by atoms with E-state index < -0.39 is 0 Å². The highest BCUT2D eigenvalue weighted by Crippen LogP contribution is 2.32. The van der Waals surface area contributed by atoms with Gasteiger partial charge < -0.3 is 20.1 Å². The van der Waals surface area contributed by atoms with Gasteiger partial charge in [0.1, 0.15) is 19.3 Å². The number of anilines is 2. The predicted octanol–water partition coefficient (Wildman–Crippen LogP) is 3.21. The summed E-state index contributed by atoms with van der Waals surface area (Å²) in [6.07, 6.45) is 0. The van der Waals surface area contributed by atoms with Crippen molar-refractivity contribution in [1.29, 1.82) is 0 Å². The molecule has 0 fully saturated rings. The number of ether oxygens (including phenoxy) is 2. The summed E-state index contributed by atoms with van der Waals surface area (Å²) >= 11 is 0. The van der Waals surface area contributed by atoms with Gasteiger partial charge in [0.25, 0.3) is 0 Å². The molecule has 120 valence electrons. The molecule has 1 unspecified atom stereocenters. The number of amides is 1. The molecule has 2 N–H and O–H groups in total. The Morgan fingerprint density at radius 2 is 1.83 bits per heavy atom. The van der Waals surface area contributed by atoms with Crippen LogP contribution in [-0.4, -0.2) is 25.2 Å². The number of rotatable bonds is 4. The summed E-state index contributed by atoms with van der Waals surface area (Å²) in [5.74, 6) is 1.35. The molecule has 0 spiro atoms. The van der Waals surface area contributed by atoms with Crippen molar-refractivity contribution >= 4 is 17.3 Å². The number of benzene rings is 2. The highest BCUT2D eigenvalue weighted by atomic mass is 16.6. The van der Waals surface area contributed by atoms with Gasteiger partial charge in [-0.1, -0.05) is 18.2 Å². The fourth-order valence-electron chi connectivity index (χ4n) is 2.40. The van der Waals surface area contributed by atoms with Gasteiger partial charge in [-0.2, -0.15) is 0 Å². The van der Waals surface area contributed by atoms with Gasteiger partial charge >= 0.3 is 0 Å². The Morgan fingerprint density at radius 3 is 2.61 bits per heavy atom. The highest BCUT2D eigenvalue weighted by molar-refractivity contribution is 5.96. The van der Waals surface area contributed by atoms with Gasteiger partial charge in [-0.05, 0) is 37.6 Å². The minimum absolute atomic E-state index is 0.0887. The van der Waals surface area contributed by atoms with Crippen LogP contribution in [0.25, 0.3) is 0 Å². The maximum Gasteiger partial charge on any atom is 0.246 e. The van der Waals surface area contributed by atoms with Gasteiger partial charge in [0.2, 0.25) is 5.91 Å². The number of carbonyl (C=O) groups is 1. The van der Waals surface area contributed by atoms with Crippen molar-refractivity contribution in [3.8, 4) is 11.5 Å². The molecule has 1 aliphatic heterocycles. The highest BCUT2D eigenvalue weighted by Gasteiger charge is 2.16. The number of para-hydroxylation sites is 1. The van der Waals surface area contributed by atoms with Gasteiger partial charge in [0.05, 0.1) is 0 Å². The van der Waals surface area contributed by atoms with E-state index >= 15 is 0 Å². The molecule has 5 heteroatoms. The lowest BCUT2D eigenvalue weighted by atomic mass is 10.2. The van der Waals surface area contributed by atoms with E-state index in [0.717, 1.165) is 22.7 Å². The van der Waals surface area contributed by atoms with E-state index in [1.54, 1.807) is 0 Å². The Labute approximate surface area is 135 Å². The first-order valence-corrected chi connectivity index (χ1v) is 7.66. The van der Waals surface area contributed by atoms with Crippen LogP contribution in [0.1, 0.15) is 12.5 Å². The molecule has 0 aliphatic carbocycles. The summed E-state index contributed by atoms with van der Waals surface area (Å²) in [6, 6.07) is 12.9. The van der Waals surface area contributed by atoms with Crippen molar-refractivity contribution in [2.24, 2.45) is 0 Å². The molecule has 1 aliphatic rings. The lowest BCUT2D eigenvalue weighted by Crippen LogP contribution is -2.32. The molecule has 2 aromatic carbocycles. The first-order valence-electron chi connectivity index (χ1n) is 7.66. The molecule has 2 aromatic rings. The minimum Gasteiger partial charge on any atom is -0.486 e. The number of hydrogen-bond donors (Lipinski definition) is 2. The van der Waals surface area contributed by atoms with Crippen LogP contribution in [-0.2, 0) is 4.79 Å². The lowest BCUT2D eigenvalue weighted by Gasteiger charge is -2.21. The van der Waals surface area contributed by atoms with Crippen molar-refractivity contribution in [2.45, 2.75) is 19.9 Å². The standard InChI is InChI=1S/C18H20N2O3/c1-12-5-3-4-6-15(12)20-18(21)13(2)19-14-7-8-16-17(11-14)23-10-9-22-16/h3-8,11,13,19H,9-10H2,1-2H3,(H,20,21). The molecule has 3 rings (SSSR count). The Kier molecular flexibility index (Phi) is 4.37. The van der Waals surface area contributed by atoms with E-state index in [-0.39, 0.29) is 11.9 Å². The van der Waals surface area contributed by atoms with Crippen molar-refractivity contribution < 1.29 is 14.3 Å². The van der Waals surface area contributed by atoms with Gasteiger partial charge in [-0.25, -0.2) is 0 Å². The number of fused-ring (bicyclic) bond motifs is 1. The van der Waals surface area contributed by atoms with Gasteiger partial charge in [0, 0.05) is 17.4 Å². The molecule has 0 bridgehead atoms. The Morgan fingerprint density at radius 1 is 1.09 bits per heavy atom. The number of aryl methyl sites for hydroxylation is 1. The van der Waals surface area contributed by atoms with E-state index in [2.05, 4.69) is 10.6 Å². The molecule has 0 aromatic heterocycles. The largest absolute Gasteiger partial charge is 0.486 e. The SMILES string of the molecule is Cc1ccccc1NC(=O)C(C)Nc1ccc2c(c1)OCCO2. The van der Waals surface area contributed by atoms with Crippen LogP contribution in [0.2, 0.25) is 0 Å². The molecule has 1 amide bonds. The molecule has 0 radical (unpaired) electrons. The monoisotopic (exact) mass is 312 g/mol. The molecular formula is C18H20N2O3. The van der Waals surface area contributed by atoms with Crippen molar-refractivity contribution in [2.75, 3.05) is 23.8 Å². The summed E-state index contributed by atoms with van der Waals surface area (Å²) in [5.41, 5.74) is 2.68. The van der Waals surface area contributed by atoms with Crippen LogP contribution in [0.4, 0.5) is 11.4 Å². The zero-order chi connectivity index (χ0) is 16.2. The molecule has 23 heavy (non-hydrogen) atoms. The zero-order valence-electron chi connectivity index (χ0n) is 13.3. The van der Waals surface area contributed by atoms with Crippen LogP contribution in [0.5, 0.6) is 11.5 Å². The maximum absolute atomic E-state index is 12.3. The van der Waals surface area contributed by atoms with E-state index in [1.807, 2.05) is 56.3 Å². The first-order chi connectivity index (χ1) is 11.1. The molecule has 0 saturated carbocycles. The van der Waals surface area contributed by atoms with Crippen molar-refractivity contribution in [3.05, 3.63) is 48.0 Å². The third kappa shape index (κ3) is 3.56. The fraction of sp³-hybridized carbons (Fsp3) is 0.278. The summed E-state index contributed by atoms with van der Waals surface area (Å²) in [5, 5.41) is 6.12. The second-order valence-corrected chi connectivity index (χ2v) is 5.53. The van der Waals surface area contributed by atoms with Crippen LogP contribution in [0.15, 0.2) is 42.5 Å². The van der Waals surface area contributed by atoms with Gasteiger partial charge in [-0.15, -0.1) is 0 Å². The molecular weight excluding hydrogens is 292 g/mol. The second-order valence-electron chi connectivity index (χ2n) is 5.53. The third-order valence-corrected chi connectivity index (χ3v) is 3.72. The summed E-state index contributed by atoms with van der Waals surface area (Å²) in [4.78, 5) is 12.3. The van der Waals surface area contributed by atoms with E-state index in [0.29, 0.717) is 19.0 Å². The number of nitrogens with one attached hydrogen (secondary N) is 2. The first kappa shape index (κ1) is 15.2. The van der Waals surface area contributed by atoms with Crippen LogP contribution >= 0.6 is 0 Å². The third-order valence-electron chi connectivity index (χ3n) is 3.72. The maximum atomic E-state index is 12.3. The summed E-state index contributed by atoms with van der Waals surface area (Å²) < 4.78 is 11.0. The lowest BCUT2D eigenvalue weighted by molar-refractivity contribution is -0.116. The van der Waals surface area contributed by atoms with Gasteiger partial charge in [-0.3, -0.25) is 4.79 Å². The van der Waals surface area contributed by atoms with E-state index in [1.165, 1.54) is 0 Å². The van der Waals surface area contributed by atoms with Crippen LogP contribution in [0.3, 0.4) is 0 Å². The Balaban J connectivity index is 1.65. The average molecular weight is 312 g/mol. The second kappa shape index (κ2) is 6.60. The quantitative estimate of drug-likeness (QED) is 0.910. The smallest absolute Gasteiger partial charge is 0.246 e. The average Bonchev–Trinajstić information content (AvgIpc) is 2.56. The van der Waals surface area contributed by atoms with Crippen LogP contribution < -0.4 is 20.1 Å². The number of carbonyl (C=O) groups excluding carboxylic acids is 1. The minimum atomic E-state index is -0.378. The van der Waals surface area contributed by atoms with Crippen molar-refractivity contribution in [1.82, 2.24) is 0 Å². The topological polar surface area (TPSA) is 59.6 Å². The van der Waals surface area contributed by atoms with Gasteiger partial charge in [0.15, 0.2) is 11.5 Å². The predicted molar refractivity (Wildman–Crippen MR) is 90.3 cm³/mol.